The molecule has 2 aromatic rings. The van der Waals surface area contributed by atoms with E-state index in [-0.39, 0.29) is 11.7 Å². The Labute approximate surface area is 123 Å². The van der Waals surface area contributed by atoms with E-state index in [1.54, 1.807) is 4.57 Å². The van der Waals surface area contributed by atoms with Crippen molar-refractivity contribution < 1.29 is 18.7 Å². The van der Waals surface area contributed by atoms with E-state index in [2.05, 4.69) is 10.2 Å². The van der Waals surface area contributed by atoms with E-state index in [1.165, 1.54) is 6.07 Å². The molecule has 3 rings (SSSR count). The topological polar surface area (TPSA) is 68.0 Å². The van der Waals surface area contributed by atoms with Crippen molar-refractivity contribution in [3.05, 3.63) is 35.7 Å². The Kier molecular flexibility index (Phi) is 3.62. The van der Waals surface area contributed by atoms with Crippen LogP contribution >= 0.6 is 11.8 Å². The van der Waals surface area contributed by atoms with E-state index in [1.807, 2.05) is 0 Å². The summed E-state index contributed by atoms with van der Waals surface area (Å²) in [5, 5.41) is 17.2. The van der Waals surface area contributed by atoms with Crippen molar-refractivity contribution in [2.45, 2.75) is 23.9 Å². The van der Waals surface area contributed by atoms with E-state index in [9.17, 15) is 13.6 Å². The van der Waals surface area contributed by atoms with Gasteiger partial charge in [0, 0.05) is 12.0 Å². The van der Waals surface area contributed by atoms with E-state index in [4.69, 9.17) is 5.11 Å². The predicted molar refractivity (Wildman–Crippen MR) is 71.6 cm³/mol. The smallest absolute Gasteiger partial charge is 0.313 e. The van der Waals surface area contributed by atoms with Gasteiger partial charge in [-0.15, -0.1) is 10.2 Å². The zero-order valence-corrected chi connectivity index (χ0v) is 11.6. The van der Waals surface area contributed by atoms with Gasteiger partial charge in [-0.2, -0.15) is 0 Å². The third kappa shape index (κ3) is 2.90. The highest BCUT2D eigenvalue weighted by Crippen LogP contribution is 2.41. The minimum Gasteiger partial charge on any atom is -0.481 e. The molecule has 5 nitrogen and oxygen atoms in total. The van der Waals surface area contributed by atoms with Crippen LogP contribution in [0.4, 0.5) is 8.78 Å². The molecule has 0 spiro atoms. The summed E-state index contributed by atoms with van der Waals surface area (Å²) in [7, 11) is 0. The van der Waals surface area contributed by atoms with Crippen molar-refractivity contribution >= 4 is 17.7 Å². The molecule has 110 valence electrons. The highest BCUT2D eigenvalue weighted by molar-refractivity contribution is 7.99. The lowest BCUT2D eigenvalue weighted by atomic mass is 10.3. The Bertz CT molecular complexity index is 701. The summed E-state index contributed by atoms with van der Waals surface area (Å²) in [4.78, 5) is 10.7. The predicted octanol–water partition coefficient (Wildman–Crippen LogP) is 2.60. The summed E-state index contributed by atoms with van der Waals surface area (Å²) in [6.07, 6.45) is 1.93. The lowest BCUT2D eigenvalue weighted by Gasteiger charge is -2.09. The molecule has 1 aliphatic carbocycles. The first-order valence-corrected chi connectivity index (χ1v) is 7.30. The molecule has 1 aromatic carbocycles. The molecule has 1 fully saturated rings. The van der Waals surface area contributed by atoms with E-state index in [0.717, 1.165) is 36.7 Å². The molecule has 1 heterocycles. The van der Waals surface area contributed by atoms with Crippen LogP contribution in [0.15, 0.2) is 23.4 Å². The maximum absolute atomic E-state index is 13.4. The number of carboxylic acids is 1. The minimum absolute atomic E-state index is 0.174. The largest absolute Gasteiger partial charge is 0.481 e. The molecule has 0 saturated heterocycles. The van der Waals surface area contributed by atoms with Crippen LogP contribution in [0.25, 0.3) is 5.69 Å². The van der Waals surface area contributed by atoms with Crippen LogP contribution in [0.2, 0.25) is 0 Å². The first kappa shape index (κ1) is 14.0. The SMILES string of the molecule is O=C(O)CSc1nnc(C2CC2)n1-c1ccc(F)c(F)c1. The van der Waals surface area contributed by atoms with E-state index in [0.29, 0.717) is 16.7 Å². The lowest BCUT2D eigenvalue weighted by molar-refractivity contribution is -0.133. The second kappa shape index (κ2) is 5.44. The number of thioether (sulfide) groups is 1. The molecule has 21 heavy (non-hydrogen) atoms. The Hall–Kier alpha value is -1.96. The van der Waals surface area contributed by atoms with Gasteiger partial charge in [-0.05, 0) is 25.0 Å². The molecule has 1 saturated carbocycles. The fraction of sp³-hybridized carbons (Fsp3) is 0.308. The molecule has 0 radical (unpaired) electrons. The third-order valence-electron chi connectivity index (χ3n) is 3.09. The Morgan fingerprint density at radius 2 is 2.10 bits per heavy atom. The van der Waals surface area contributed by atoms with Crippen LogP contribution in [0, 0.1) is 11.6 Å². The summed E-state index contributed by atoms with van der Waals surface area (Å²) in [5.74, 6) is -2.14. The van der Waals surface area contributed by atoms with Crippen LogP contribution in [0.5, 0.6) is 0 Å². The van der Waals surface area contributed by atoms with Crippen molar-refractivity contribution in [3.8, 4) is 5.69 Å². The number of carboxylic acid groups (broad SMARTS) is 1. The quantitative estimate of drug-likeness (QED) is 0.860. The summed E-state index contributed by atoms with van der Waals surface area (Å²) in [5.41, 5.74) is 0.397. The third-order valence-corrected chi connectivity index (χ3v) is 4.00. The monoisotopic (exact) mass is 311 g/mol. The van der Waals surface area contributed by atoms with Crippen LogP contribution in [0.1, 0.15) is 24.6 Å². The van der Waals surface area contributed by atoms with Gasteiger partial charge >= 0.3 is 5.97 Å². The number of hydrogen-bond donors (Lipinski definition) is 1. The molecule has 0 unspecified atom stereocenters. The number of halogens is 2. The number of rotatable bonds is 5. The van der Waals surface area contributed by atoms with E-state index < -0.39 is 17.6 Å². The minimum atomic E-state index is -0.979. The average Bonchev–Trinajstić information content (AvgIpc) is 3.20. The van der Waals surface area contributed by atoms with Gasteiger partial charge in [0.05, 0.1) is 11.4 Å². The van der Waals surface area contributed by atoms with Crippen molar-refractivity contribution in [2.75, 3.05) is 5.75 Å². The summed E-state index contributed by atoms with van der Waals surface area (Å²) < 4.78 is 28.1. The number of hydrogen-bond acceptors (Lipinski definition) is 4. The highest BCUT2D eigenvalue weighted by Gasteiger charge is 2.31. The van der Waals surface area contributed by atoms with Crippen LogP contribution in [0.3, 0.4) is 0 Å². The van der Waals surface area contributed by atoms with Gasteiger partial charge in [0.15, 0.2) is 16.8 Å². The molecule has 8 heteroatoms. The lowest BCUT2D eigenvalue weighted by Crippen LogP contribution is -2.05. The Morgan fingerprint density at radius 3 is 2.71 bits per heavy atom. The normalized spacial score (nSPS) is 14.4. The second-order valence-corrected chi connectivity index (χ2v) is 5.67. The van der Waals surface area contributed by atoms with Crippen molar-refractivity contribution in [3.63, 3.8) is 0 Å². The van der Waals surface area contributed by atoms with Crippen molar-refractivity contribution in [2.24, 2.45) is 0 Å². The Morgan fingerprint density at radius 1 is 1.33 bits per heavy atom. The molecule has 1 N–H and O–H groups in total. The molecule has 0 bridgehead atoms. The summed E-state index contributed by atoms with van der Waals surface area (Å²) >= 11 is 1.000. The summed E-state index contributed by atoms with van der Waals surface area (Å²) in [6.45, 7) is 0. The molecule has 1 aliphatic rings. The van der Waals surface area contributed by atoms with Gasteiger partial charge in [0.25, 0.3) is 0 Å². The second-order valence-electron chi connectivity index (χ2n) is 4.73. The zero-order chi connectivity index (χ0) is 15.0. The first-order valence-electron chi connectivity index (χ1n) is 6.31. The standard InChI is InChI=1S/C13H11F2N3O2S/c14-9-4-3-8(5-10(9)15)18-12(7-1-2-7)16-17-13(18)21-6-11(19)20/h3-5,7H,1-2,6H2,(H,19,20). The maximum Gasteiger partial charge on any atom is 0.313 e. The van der Waals surface area contributed by atoms with Crippen molar-refractivity contribution in [1.29, 1.82) is 0 Å². The highest BCUT2D eigenvalue weighted by atomic mass is 32.2. The first-order chi connectivity index (χ1) is 10.1. The zero-order valence-electron chi connectivity index (χ0n) is 10.8. The van der Waals surface area contributed by atoms with Gasteiger partial charge in [-0.1, -0.05) is 11.8 Å². The van der Waals surface area contributed by atoms with E-state index >= 15 is 0 Å². The number of carbonyl (C=O) groups is 1. The number of nitrogens with zero attached hydrogens (tertiary/aromatic N) is 3. The summed E-state index contributed by atoms with van der Waals surface area (Å²) in [6, 6.07) is 3.53. The van der Waals surface area contributed by atoms with Gasteiger partial charge in [-0.3, -0.25) is 9.36 Å². The molecule has 1 aromatic heterocycles. The molecular formula is C13H11F2N3O2S. The molecular weight excluding hydrogens is 300 g/mol. The number of aromatic nitrogens is 3. The molecule has 0 atom stereocenters. The molecule has 0 amide bonds. The fourth-order valence-electron chi connectivity index (χ4n) is 1.97. The fourth-order valence-corrected chi connectivity index (χ4v) is 2.65. The number of benzene rings is 1. The van der Waals surface area contributed by atoms with Crippen LogP contribution in [-0.4, -0.2) is 31.6 Å². The maximum atomic E-state index is 13.4. The Balaban J connectivity index is 2.02. The van der Waals surface area contributed by atoms with Gasteiger partial charge in [-0.25, -0.2) is 8.78 Å². The van der Waals surface area contributed by atoms with Crippen molar-refractivity contribution in [1.82, 2.24) is 14.8 Å². The number of aliphatic carboxylic acids is 1. The van der Waals surface area contributed by atoms with Gasteiger partial charge in [0.1, 0.15) is 5.82 Å². The van der Waals surface area contributed by atoms with Crippen LogP contribution < -0.4 is 0 Å². The van der Waals surface area contributed by atoms with Crippen LogP contribution in [-0.2, 0) is 4.79 Å². The van der Waals surface area contributed by atoms with Gasteiger partial charge < -0.3 is 5.11 Å². The van der Waals surface area contributed by atoms with Gasteiger partial charge in [0.2, 0.25) is 0 Å². The molecule has 0 aliphatic heterocycles. The average molecular weight is 311 g/mol.